The Kier molecular flexibility index (Phi) is 4.30. The molecule has 1 aliphatic carbocycles. The van der Waals surface area contributed by atoms with Gasteiger partial charge in [-0.3, -0.25) is 0 Å². The predicted molar refractivity (Wildman–Crippen MR) is 95.5 cm³/mol. The summed E-state index contributed by atoms with van der Waals surface area (Å²) in [6.45, 7) is 4.48. The first-order valence-electron chi connectivity index (χ1n) is 7.77. The highest BCUT2D eigenvalue weighted by Gasteiger charge is 2.18. The summed E-state index contributed by atoms with van der Waals surface area (Å²) in [5.41, 5.74) is 8.56. The molecule has 108 valence electrons. The van der Waals surface area contributed by atoms with Crippen molar-refractivity contribution >= 4 is 22.0 Å². The van der Waals surface area contributed by atoms with E-state index in [4.69, 9.17) is 0 Å². The van der Waals surface area contributed by atoms with Crippen LogP contribution in [0.25, 0.3) is 17.2 Å². The summed E-state index contributed by atoms with van der Waals surface area (Å²) in [5, 5.41) is 0. The topological polar surface area (TPSA) is 0 Å². The van der Waals surface area contributed by atoms with Gasteiger partial charge in [0, 0.05) is 4.47 Å². The van der Waals surface area contributed by atoms with Crippen LogP contribution in [0, 0.1) is 0 Å². The lowest BCUT2D eigenvalue weighted by Gasteiger charge is -2.14. The fourth-order valence-corrected chi connectivity index (χ4v) is 3.65. The predicted octanol–water partition coefficient (Wildman–Crippen LogP) is 6.42. The minimum Gasteiger partial charge on any atom is -0.0682 e. The second-order valence-corrected chi connectivity index (χ2v) is 6.77. The summed E-state index contributed by atoms with van der Waals surface area (Å²) < 4.78 is 1.24. The van der Waals surface area contributed by atoms with Crippen LogP contribution in [0.15, 0.2) is 46.4 Å². The molecule has 0 amide bonds. The molecule has 1 aliphatic rings. The number of hydrogen-bond acceptors (Lipinski definition) is 0. The highest BCUT2D eigenvalue weighted by molar-refractivity contribution is 9.10. The minimum absolute atomic E-state index is 1.07. The van der Waals surface area contributed by atoms with Crippen molar-refractivity contribution in [2.24, 2.45) is 0 Å². The monoisotopic (exact) mass is 340 g/mol. The molecular weight excluding hydrogens is 320 g/mol. The zero-order chi connectivity index (χ0) is 14.8. The third-order valence-corrected chi connectivity index (χ3v) is 5.00. The molecule has 1 heteroatoms. The van der Waals surface area contributed by atoms with Crippen molar-refractivity contribution in [1.29, 1.82) is 0 Å². The van der Waals surface area contributed by atoms with Gasteiger partial charge in [0.1, 0.15) is 0 Å². The first-order valence-corrected chi connectivity index (χ1v) is 8.57. The van der Waals surface area contributed by atoms with E-state index >= 15 is 0 Å². The number of benzene rings is 2. The molecule has 0 aliphatic heterocycles. The van der Waals surface area contributed by atoms with Crippen LogP contribution in [0.4, 0.5) is 0 Å². The normalized spacial score (nSPS) is 13.2. The summed E-state index contributed by atoms with van der Waals surface area (Å²) in [4.78, 5) is 0. The molecule has 2 aromatic carbocycles. The van der Waals surface area contributed by atoms with Gasteiger partial charge in [0.05, 0.1) is 0 Å². The van der Waals surface area contributed by atoms with Crippen LogP contribution in [-0.2, 0) is 12.8 Å². The third kappa shape index (κ3) is 2.85. The Hall–Kier alpha value is -1.34. The SMILES string of the molecule is CCCCc1ccccc1-c1ccc(Br)c2c1C=C(C)C2. The van der Waals surface area contributed by atoms with E-state index in [0.717, 1.165) is 6.42 Å². The van der Waals surface area contributed by atoms with Crippen LogP contribution >= 0.6 is 15.9 Å². The van der Waals surface area contributed by atoms with Gasteiger partial charge in [-0.1, -0.05) is 71.3 Å². The van der Waals surface area contributed by atoms with E-state index in [1.54, 1.807) is 0 Å². The van der Waals surface area contributed by atoms with Crippen LogP contribution in [0.5, 0.6) is 0 Å². The van der Waals surface area contributed by atoms with E-state index in [9.17, 15) is 0 Å². The average Bonchev–Trinajstić information content (AvgIpc) is 2.88. The zero-order valence-corrected chi connectivity index (χ0v) is 14.3. The molecule has 3 rings (SSSR count). The van der Waals surface area contributed by atoms with Crippen LogP contribution in [-0.4, -0.2) is 0 Å². The number of allylic oxidation sites excluding steroid dienone is 1. The first-order chi connectivity index (χ1) is 10.2. The number of rotatable bonds is 4. The molecule has 0 unspecified atom stereocenters. The molecule has 0 spiro atoms. The van der Waals surface area contributed by atoms with Gasteiger partial charge >= 0.3 is 0 Å². The molecule has 0 radical (unpaired) electrons. The fourth-order valence-electron chi connectivity index (χ4n) is 3.16. The average molecular weight is 341 g/mol. The highest BCUT2D eigenvalue weighted by atomic mass is 79.9. The van der Waals surface area contributed by atoms with E-state index < -0.39 is 0 Å². The number of fused-ring (bicyclic) bond motifs is 1. The molecule has 0 aromatic heterocycles. The molecular formula is C20H21Br. The lowest BCUT2D eigenvalue weighted by Crippen LogP contribution is -1.94. The molecule has 0 N–H and O–H groups in total. The van der Waals surface area contributed by atoms with Crippen LogP contribution < -0.4 is 0 Å². The molecule has 2 aromatic rings. The van der Waals surface area contributed by atoms with Gasteiger partial charge in [0.2, 0.25) is 0 Å². The highest BCUT2D eigenvalue weighted by Crippen LogP contribution is 2.39. The Morgan fingerprint density at radius 2 is 1.86 bits per heavy atom. The quantitative estimate of drug-likeness (QED) is 0.602. The Morgan fingerprint density at radius 3 is 2.67 bits per heavy atom. The van der Waals surface area contributed by atoms with Crippen molar-refractivity contribution in [2.75, 3.05) is 0 Å². The van der Waals surface area contributed by atoms with Crippen molar-refractivity contribution < 1.29 is 0 Å². The molecule has 0 bridgehead atoms. The van der Waals surface area contributed by atoms with Gasteiger partial charge < -0.3 is 0 Å². The number of aryl methyl sites for hydroxylation is 1. The van der Waals surface area contributed by atoms with Crippen molar-refractivity contribution in [3.63, 3.8) is 0 Å². The molecule has 0 atom stereocenters. The lowest BCUT2D eigenvalue weighted by molar-refractivity contribution is 0.796. The van der Waals surface area contributed by atoms with Gasteiger partial charge in [-0.2, -0.15) is 0 Å². The van der Waals surface area contributed by atoms with Gasteiger partial charge in [-0.05, 0) is 60.1 Å². The fraction of sp³-hybridized carbons (Fsp3) is 0.300. The van der Waals surface area contributed by atoms with Gasteiger partial charge in [-0.25, -0.2) is 0 Å². The molecule has 0 saturated heterocycles. The van der Waals surface area contributed by atoms with Gasteiger partial charge in [0.15, 0.2) is 0 Å². The van der Waals surface area contributed by atoms with Gasteiger partial charge in [-0.15, -0.1) is 0 Å². The van der Waals surface area contributed by atoms with Crippen LogP contribution in [0.2, 0.25) is 0 Å². The first kappa shape index (κ1) is 14.6. The number of halogens is 1. The maximum Gasteiger partial charge on any atom is 0.0216 e. The second-order valence-electron chi connectivity index (χ2n) is 5.92. The third-order valence-electron chi connectivity index (χ3n) is 4.25. The molecule has 0 fully saturated rings. The Morgan fingerprint density at radius 1 is 1.05 bits per heavy atom. The maximum absolute atomic E-state index is 3.71. The Bertz CT molecular complexity index is 695. The van der Waals surface area contributed by atoms with Crippen molar-refractivity contribution in [1.82, 2.24) is 0 Å². The van der Waals surface area contributed by atoms with E-state index in [1.165, 1.54) is 57.1 Å². The Labute approximate surface area is 136 Å². The second kappa shape index (κ2) is 6.19. The van der Waals surface area contributed by atoms with E-state index in [-0.39, 0.29) is 0 Å². The molecule has 0 saturated carbocycles. The van der Waals surface area contributed by atoms with E-state index in [1.807, 2.05) is 0 Å². The number of unbranched alkanes of at least 4 members (excludes halogenated alkanes) is 1. The minimum atomic E-state index is 1.07. The van der Waals surface area contributed by atoms with Crippen LogP contribution in [0.1, 0.15) is 43.4 Å². The smallest absolute Gasteiger partial charge is 0.0216 e. The Balaban J connectivity index is 2.12. The van der Waals surface area contributed by atoms with Crippen molar-refractivity contribution in [2.45, 2.75) is 39.5 Å². The summed E-state index contributed by atoms with van der Waals surface area (Å²) in [6.07, 6.45) is 7.09. The summed E-state index contributed by atoms with van der Waals surface area (Å²) in [5.74, 6) is 0. The van der Waals surface area contributed by atoms with Crippen molar-refractivity contribution in [3.8, 4) is 11.1 Å². The maximum atomic E-state index is 3.71. The van der Waals surface area contributed by atoms with Crippen LogP contribution in [0.3, 0.4) is 0 Å². The molecule has 0 heterocycles. The largest absolute Gasteiger partial charge is 0.0682 e. The zero-order valence-electron chi connectivity index (χ0n) is 12.7. The summed E-state index contributed by atoms with van der Waals surface area (Å²) in [6, 6.07) is 13.3. The van der Waals surface area contributed by atoms with E-state index in [0.29, 0.717) is 0 Å². The van der Waals surface area contributed by atoms with Gasteiger partial charge in [0.25, 0.3) is 0 Å². The molecule has 21 heavy (non-hydrogen) atoms. The summed E-state index contributed by atoms with van der Waals surface area (Å²) >= 11 is 3.71. The standard InChI is InChI=1S/C20H21Br/c1-3-4-7-15-8-5-6-9-16(15)17-10-11-20(21)19-13-14(2)12-18(17)19/h5-6,8-12H,3-4,7,13H2,1-2H3. The lowest BCUT2D eigenvalue weighted by atomic mass is 9.92. The number of hydrogen-bond donors (Lipinski definition) is 0. The summed E-state index contributed by atoms with van der Waals surface area (Å²) in [7, 11) is 0. The molecule has 0 nitrogen and oxygen atoms in total. The van der Waals surface area contributed by atoms with Crippen molar-refractivity contribution in [3.05, 3.63) is 63.1 Å². The van der Waals surface area contributed by atoms with E-state index in [2.05, 4.69) is 72.3 Å².